The van der Waals surface area contributed by atoms with Crippen molar-refractivity contribution in [1.82, 2.24) is 0 Å². The van der Waals surface area contributed by atoms with Gasteiger partial charge in [-0.05, 0) is 111 Å². The molecule has 46 heavy (non-hydrogen) atoms. The molecule has 4 aliphatic carbocycles. The number of carbonyl (C=O) groups excluding carboxylic acids is 3. The number of benzene rings is 2. The monoisotopic (exact) mass is 643 g/mol. The molecular weight excluding hydrogens is 594 g/mol. The number of rotatable bonds is 5. The van der Waals surface area contributed by atoms with Gasteiger partial charge in [0.25, 0.3) is 0 Å². The molecule has 6 nitrogen and oxygen atoms in total. The fourth-order valence-corrected chi connectivity index (χ4v) is 11.0. The lowest BCUT2D eigenvalue weighted by Crippen LogP contribution is -2.58. The van der Waals surface area contributed by atoms with Gasteiger partial charge in [-0.15, -0.1) is 11.8 Å². The first-order valence-corrected chi connectivity index (χ1v) is 17.7. The molecule has 6 rings (SSSR count). The van der Waals surface area contributed by atoms with E-state index in [1.807, 2.05) is 24.8 Å². The molecule has 0 aromatic heterocycles. The number of esters is 2. The van der Waals surface area contributed by atoms with Crippen LogP contribution in [0.4, 0.5) is 0 Å². The second-order valence-electron chi connectivity index (χ2n) is 15.7. The van der Waals surface area contributed by atoms with Crippen LogP contribution in [0.2, 0.25) is 0 Å². The van der Waals surface area contributed by atoms with Crippen LogP contribution in [0.25, 0.3) is 0 Å². The Bertz CT molecular complexity index is 1650. The molecule has 7 unspecified atom stereocenters. The van der Waals surface area contributed by atoms with Crippen molar-refractivity contribution in [2.24, 2.45) is 33.8 Å². The predicted molar refractivity (Wildman–Crippen MR) is 182 cm³/mol. The van der Waals surface area contributed by atoms with Crippen molar-refractivity contribution in [3.8, 4) is 11.5 Å². The number of primary amides is 1. The molecule has 0 spiro atoms. The van der Waals surface area contributed by atoms with Crippen LogP contribution in [-0.4, -0.2) is 17.8 Å². The van der Waals surface area contributed by atoms with Gasteiger partial charge in [-0.25, -0.2) is 0 Å². The highest BCUT2D eigenvalue weighted by Gasteiger charge is 2.62. The molecule has 0 saturated heterocycles. The molecule has 2 aromatic rings. The largest absolute Gasteiger partial charge is 0.423 e. The Morgan fingerprint density at radius 3 is 2.15 bits per heavy atom. The average molecular weight is 644 g/mol. The molecular formula is C39H49NO5S. The first-order valence-electron chi connectivity index (χ1n) is 16.8. The van der Waals surface area contributed by atoms with Gasteiger partial charge in [-0.2, -0.15) is 0 Å². The number of ether oxygens (including phenoxy) is 2. The highest BCUT2D eigenvalue weighted by atomic mass is 32.2. The molecule has 246 valence electrons. The van der Waals surface area contributed by atoms with E-state index in [2.05, 4.69) is 65.0 Å². The quantitative estimate of drug-likeness (QED) is 0.199. The molecule has 7 heteroatoms. The summed E-state index contributed by atoms with van der Waals surface area (Å²) in [5.41, 5.74) is 11.2. The van der Waals surface area contributed by atoms with Crippen molar-refractivity contribution in [1.29, 1.82) is 0 Å². The summed E-state index contributed by atoms with van der Waals surface area (Å²) in [6.45, 7) is 16.2. The van der Waals surface area contributed by atoms with Crippen LogP contribution in [0.1, 0.15) is 114 Å². The van der Waals surface area contributed by atoms with Crippen LogP contribution in [0.15, 0.2) is 46.9 Å². The van der Waals surface area contributed by atoms with E-state index in [9.17, 15) is 14.4 Å². The van der Waals surface area contributed by atoms with Gasteiger partial charge in [-0.1, -0.05) is 57.0 Å². The zero-order valence-electron chi connectivity index (χ0n) is 28.7. The van der Waals surface area contributed by atoms with Gasteiger partial charge in [0.15, 0.2) is 11.5 Å². The van der Waals surface area contributed by atoms with E-state index in [4.69, 9.17) is 15.2 Å². The number of allylic oxidation sites excluding steroid dienone is 1. The highest BCUT2D eigenvalue weighted by molar-refractivity contribution is 7.99. The lowest BCUT2D eigenvalue weighted by molar-refractivity contribution is -0.141. The lowest BCUT2D eigenvalue weighted by Gasteiger charge is -2.65. The summed E-state index contributed by atoms with van der Waals surface area (Å²) in [5, 5.41) is -0.0346. The third-order valence-corrected chi connectivity index (χ3v) is 13.8. The normalized spacial score (nSPS) is 34.6. The van der Waals surface area contributed by atoms with Crippen molar-refractivity contribution in [2.45, 2.75) is 116 Å². The number of amides is 1. The molecule has 3 fully saturated rings. The Morgan fingerprint density at radius 2 is 1.52 bits per heavy atom. The van der Waals surface area contributed by atoms with Crippen LogP contribution in [0.3, 0.4) is 0 Å². The van der Waals surface area contributed by atoms with Crippen molar-refractivity contribution >= 4 is 29.6 Å². The Labute approximate surface area is 278 Å². The maximum absolute atomic E-state index is 12.7. The topological polar surface area (TPSA) is 95.7 Å². The van der Waals surface area contributed by atoms with E-state index in [0.717, 1.165) is 66.5 Å². The third-order valence-electron chi connectivity index (χ3n) is 12.6. The Balaban J connectivity index is 1.53. The van der Waals surface area contributed by atoms with Gasteiger partial charge in [0, 0.05) is 35.1 Å². The van der Waals surface area contributed by atoms with Crippen LogP contribution in [0.5, 0.6) is 11.5 Å². The summed E-state index contributed by atoms with van der Waals surface area (Å²) in [6.07, 6.45) is 9.48. The molecule has 2 aromatic carbocycles. The summed E-state index contributed by atoms with van der Waals surface area (Å²) < 4.78 is 11.5. The van der Waals surface area contributed by atoms with E-state index in [-0.39, 0.29) is 27.4 Å². The first kappa shape index (κ1) is 32.9. The molecule has 2 N–H and O–H groups in total. The van der Waals surface area contributed by atoms with Crippen LogP contribution in [-0.2, 0) is 19.8 Å². The Hall–Kier alpha value is -3.06. The zero-order valence-corrected chi connectivity index (χ0v) is 29.5. The lowest BCUT2D eigenvalue weighted by atomic mass is 9.40. The predicted octanol–water partition coefficient (Wildman–Crippen LogP) is 8.69. The number of thioether (sulfide) groups is 1. The molecule has 4 aliphatic rings. The average Bonchev–Trinajstić information content (AvgIpc) is 2.97. The van der Waals surface area contributed by atoms with E-state index in [0.29, 0.717) is 23.3 Å². The fourth-order valence-electron chi connectivity index (χ4n) is 9.83. The summed E-state index contributed by atoms with van der Waals surface area (Å²) in [5.74, 6) is 0.395. The van der Waals surface area contributed by atoms with E-state index < -0.39 is 17.4 Å². The number of hydrogen-bond acceptors (Lipinski definition) is 6. The fraction of sp³-hybridized carbons (Fsp3) is 0.564. The Morgan fingerprint density at radius 1 is 0.870 bits per heavy atom. The number of nitrogens with two attached hydrogens (primary N) is 1. The minimum absolute atomic E-state index is 0.0346. The summed E-state index contributed by atoms with van der Waals surface area (Å²) in [6, 6.07) is 10.6. The second-order valence-corrected chi connectivity index (χ2v) is 16.9. The zero-order chi connectivity index (χ0) is 33.4. The second kappa shape index (κ2) is 11.3. The third kappa shape index (κ3) is 5.21. The van der Waals surface area contributed by atoms with Crippen LogP contribution in [0, 0.1) is 41.9 Å². The van der Waals surface area contributed by atoms with Gasteiger partial charge in [-0.3, -0.25) is 14.4 Å². The van der Waals surface area contributed by atoms with Gasteiger partial charge in [0.05, 0.1) is 5.25 Å². The van der Waals surface area contributed by atoms with E-state index in [1.54, 1.807) is 0 Å². The van der Waals surface area contributed by atoms with E-state index >= 15 is 0 Å². The summed E-state index contributed by atoms with van der Waals surface area (Å²) >= 11 is 1.81. The van der Waals surface area contributed by atoms with Gasteiger partial charge < -0.3 is 15.2 Å². The smallest absolute Gasteiger partial charge is 0.308 e. The number of hydrogen-bond donors (Lipinski definition) is 1. The van der Waals surface area contributed by atoms with Gasteiger partial charge >= 0.3 is 11.9 Å². The first-order chi connectivity index (χ1) is 21.5. The van der Waals surface area contributed by atoms with Crippen LogP contribution < -0.4 is 15.2 Å². The number of carbonyl (C=O) groups is 3. The molecule has 0 aliphatic heterocycles. The summed E-state index contributed by atoms with van der Waals surface area (Å²) in [7, 11) is 0. The molecule has 3 saturated carbocycles. The Kier molecular flexibility index (Phi) is 8.06. The summed E-state index contributed by atoms with van der Waals surface area (Å²) in [4.78, 5) is 38.5. The van der Waals surface area contributed by atoms with Crippen molar-refractivity contribution in [2.75, 3.05) is 0 Å². The van der Waals surface area contributed by atoms with Crippen molar-refractivity contribution in [3.63, 3.8) is 0 Å². The molecule has 0 heterocycles. The minimum atomic E-state index is -0.469. The highest BCUT2D eigenvalue weighted by Crippen LogP contribution is 2.71. The van der Waals surface area contributed by atoms with Crippen molar-refractivity contribution < 1.29 is 23.9 Å². The molecule has 1 amide bonds. The molecule has 7 atom stereocenters. The maximum atomic E-state index is 12.7. The minimum Gasteiger partial charge on any atom is -0.423 e. The van der Waals surface area contributed by atoms with Gasteiger partial charge in [0.2, 0.25) is 5.91 Å². The molecule has 0 bridgehead atoms. The molecule has 0 radical (unpaired) electrons. The van der Waals surface area contributed by atoms with Gasteiger partial charge in [0.1, 0.15) is 0 Å². The standard InChI is InChI=1S/C39H49NO5S/c1-22-9-11-26(12-10-22)46-31-20-32-38(7,28-19-30(44-24(3)41)34(45-25(4)42)23(2)33(28)31)14-13-27-29-21-37(6,35(40)43)16-15-36(29,5)17-18-39(27,32)8/h9-12,19-20,27,29,31H,13-18,21H2,1-8H3,(H2,40,43). The number of fused-ring (bicyclic) bond motifs is 7. The SMILES string of the molecule is CC(=O)Oc1cc2c(c(C)c1OC(C)=O)C(Sc1ccc(C)cc1)C=C1C2(C)CCC2C3CC(C)(C(N)=O)CCC3(C)CCC12C. The van der Waals surface area contributed by atoms with Crippen LogP contribution >= 0.6 is 11.8 Å². The van der Waals surface area contributed by atoms with Crippen molar-refractivity contribution in [3.05, 3.63) is 64.2 Å². The van der Waals surface area contributed by atoms with E-state index in [1.165, 1.54) is 25.0 Å². The number of aryl methyl sites for hydroxylation is 1. The maximum Gasteiger partial charge on any atom is 0.308 e.